The second kappa shape index (κ2) is 6.25. The Balaban J connectivity index is 1.43. The number of thiazole rings is 1. The Kier molecular flexibility index (Phi) is 3.97. The number of hydrogen-bond acceptors (Lipinski definition) is 6. The number of hydrogen-bond donors (Lipinski definition) is 1. The molecule has 2 aromatic heterocycles. The maximum atomic E-state index is 12.7. The van der Waals surface area contributed by atoms with E-state index in [2.05, 4.69) is 20.2 Å². The van der Waals surface area contributed by atoms with E-state index >= 15 is 0 Å². The molecular weight excluding hydrogens is 310 g/mol. The Morgan fingerprint density at radius 2 is 2.26 bits per heavy atom. The van der Waals surface area contributed by atoms with Crippen molar-refractivity contribution in [1.82, 2.24) is 19.8 Å². The van der Waals surface area contributed by atoms with Gasteiger partial charge < -0.3 is 10.2 Å². The Morgan fingerprint density at radius 1 is 1.30 bits per heavy atom. The number of anilines is 2. The quantitative estimate of drug-likeness (QED) is 0.935. The molecule has 1 atom stereocenters. The van der Waals surface area contributed by atoms with Gasteiger partial charge in [0.15, 0.2) is 5.13 Å². The molecule has 2 aromatic rings. The number of fused-ring (bicyclic) bond motifs is 1. The number of nitrogens with zero attached hydrogens (tertiary/aromatic N) is 4. The second-order valence-electron chi connectivity index (χ2n) is 5.96. The van der Waals surface area contributed by atoms with Gasteiger partial charge in [0.05, 0.1) is 0 Å². The lowest BCUT2D eigenvalue weighted by Crippen LogP contribution is -2.52. The van der Waals surface area contributed by atoms with Gasteiger partial charge in [0.25, 0.3) is 5.91 Å². The van der Waals surface area contributed by atoms with Crippen molar-refractivity contribution in [1.29, 1.82) is 0 Å². The van der Waals surface area contributed by atoms with Gasteiger partial charge in [-0.3, -0.25) is 9.69 Å². The summed E-state index contributed by atoms with van der Waals surface area (Å²) in [4.78, 5) is 25.7. The van der Waals surface area contributed by atoms with E-state index in [4.69, 9.17) is 0 Å². The van der Waals surface area contributed by atoms with E-state index in [1.807, 2.05) is 28.5 Å². The summed E-state index contributed by atoms with van der Waals surface area (Å²) < 4.78 is 0. The van der Waals surface area contributed by atoms with Gasteiger partial charge in [0, 0.05) is 37.3 Å². The van der Waals surface area contributed by atoms with Crippen LogP contribution in [0.3, 0.4) is 0 Å². The molecule has 23 heavy (non-hydrogen) atoms. The molecule has 0 spiro atoms. The first-order valence-corrected chi connectivity index (χ1v) is 8.84. The minimum atomic E-state index is 0.0434. The molecule has 6 nitrogen and oxygen atoms in total. The fourth-order valence-corrected chi connectivity index (χ4v) is 4.00. The van der Waals surface area contributed by atoms with Crippen LogP contribution in [0.5, 0.6) is 0 Å². The van der Waals surface area contributed by atoms with Crippen LogP contribution in [-0.4, -0.2) is 57.9 Å². The highest BCUT2D eigenvalue weighted by molar-refractivity contribution is 7.14. The molecule has 0 bridgehead atoms. The van der Waals surface area contributed by atoms with Crippen molar-refractivity contribution in [2.75, 3.05) is 31.5 Å². The first-order chi connectivity index (χ1) is 11.3. The van der Waals surface area contributed by atoms with E-state index in [1.54, 1.807) is 6.20 Å². The van der Waals surface area contributed by atoms with Gasteiger partial charge in [-0.15, -0.1) is 11.3 Å². The monoisotopic (exact) mass is 329 g/mol. The Hall–Kier alpha value is -1.99. The summed E-state index contributed by atoms with van der Waals surface area (Å²) in [6.07, 6.45) is 4.18. The van der Waals surface area contributed by atoms with Gasteiger partial charge in [-0.1, -0.05) is 6.07 Å². The molecule has 0 saturated carbocycles. The maximum absolute atomic E-state index is 12.7. The highest BCUT2D eigenvalue weighted by Gasteiger charge is 2.33. The average molecular weight is 329 g/mol. The smallest absolute Gasteiger partial charge is 0.273 e. The molecule has 4 rings (SSSR count). The van der Waals surface area contributed by atoms with Crippen molar-refractivity contribution in [2.45, 2.75) is 18.9 Å². The van der Waals surface area contributed by atoms with Crippen LogP contribution in [0, 0.1) is 0 Å². The molecule has 1 N–H and O–H groups in total. The van der Waals surface area contributed by atoms with E-state index in [-0.39, 0.29) is 5.91 Å². The lowest BCUT2D eigenvalue weighted by molar-refractivity contribution is 0.0566. The summed E-state index contributed by atoms with van der Waals surface area (Å²) in [6.45, 7) is 3.80. The third-order valence-electron chi connectivity index (χ3n) is 4.50. The first kappa shape index (κ1) is 14.6. The minimum absolute atomic E-state index is 0.0434. The number of nitrogens with one attached hydrogen (secondary N) is 1. The predicted octanol–water partition coefficient (Wildman–Crippen LogP) is 2.20. The zero-order valence-electron chi connectivity index (χ0n) is 12.8. The van der Waals surface area contributed by atoms with Crippen LogP contribution in [0.15, 0.2) is 29.8 Å². The van der Waals surface area contributed by atoms with Crippen LogP contribution in [0.4, 0.5) is 10.9 Å². The molecule has 1 unspecified atom stereocenters. The van der Waals surface area contributed by atoms with Crippen LogP contribution in [0.25, 0.3) is 0 Å². The van der Waals surface area contributed by atoms with Crippen molar-refractivity contribution >= 4 is 28.2 Å². The van der Waals surface area contributed by atoms with E-state index in [1.165, 1.54) is 30.7 Å². The summed E-state index contributed by atoms with van der Waals surface area (Å²) in [6, 6.07) is 6.20. The molecule has 2 saturated heterocycles. The third-order valence-corrected chi connectivity index (χ3v) is 5.26. The number of carbonyl (C=O) groups is 1. The van der Waals surface area contributed by atoms with E-state index in [9.17, 15) is 4.79 Å². The second-order valence-corrected chi connectivity index (χ2v) is 6.82. The zero-order chi connectivity index (χ0) is 15.6. The van der Waals surface area contributed by atoms with Gasteiger partial charge in [-0.05, 0) is 31.5 Å². The summed E-state index contributed by atoms with van der Waals surface area (Å²) in [5.41, 5.74) is 0.528. The molecule has 1 amide bonds. The third kappa shape index (κ3) is 3.07. The van der Waals surface area contributed by atoms with Gasteiger partial charge in [-0.25, -0.2) is 9.97 Å². The van der Waals surface area contributed by atoms with Gasteiger partial charge >= 0.3 is 0 Å². The fraction of sp³-hybridized carbons (Fsp3) is 0.438. The molecule has 120 valence electrons. The van der Waals surface area contributed by atoms with E-state index in [0.717, 1.165) is 25.5 Å². The van der Waals surface area contributed by atoms with E-state index < -0.39 is 0 Å². The SMILES string of the molecule is O=C(c1csc(Nc2ccccn2)n1)N1CCN2CCCC2C1. The number of pyridine rings is 1. The molecule has 2 aliphatic heterocycles. The Labute approximate surface area is 139 Å². The number of aromatic nitrogens is 2. The van der Waals surface area contributed by atoms with Crippen LogP contribution < -0.4 is 5.32 Å². The maximum Gasteiger partial charge on any atom is 0.273 e. The summed E-state index contributed by atoms with van der Waals surface area (Å²) in [7, 11) is 0. The molecule has 2 aliphatic rings. The highest BCUT2D eigenvalue weighted by Crippen LogP contribution is 2.24. The molecule has 2 fully saturated rings. The molecule has 7 heteroatoms. The first-order valence-electron chi connectivity index (χ1n) is 7.96. The number of carbonyl (C=O) groups excluding carboxylic acids is 1. The Bertz CT molecular complexity index is 689. The zero-order valence-corrected chi connectivity index (χ0v) is 13.6. The minimum Gasteiger partial charge on any atom is -0.334 e. The lowest BCUT2D eigenvalue weighted by atomic mass is 10.1. The van der Waals surface area contributed by atoms with Gasteiger partial charge in [-0.2, -0.15) is 0 Å². The largest absolute Gasteiger partial charge is 0.334 e. The van der Waals surface area contributed by atoms with Crippen molar-refractivity contribution in [3.05, 3.63) is 35.5 Å². The van der Waals surface area contributed by atoms with Gasteiger partial charge in [0.2, 0.25) is 0 Å². The van der Waals surface area contributed by atoms with Crippen molar-refractivity contribution < 1.29 is 4.79 Å². The number of piperazine rings is 1. The molecule has 4 heterocycles. The van der Waals surface area contributed by atoms with Gasteiger partial charge in [0.1, 0.15) is 11.5 Å². The Morgan fingerprint density at radius 3 is 3.13 bits per heavy atom. The number of rotatable bonds is 3. The molecule has 0 aliphatic carbocycles. The average Bonchev–Trinajstić information content (AvgIpc) is 3.23. The summed E-state index contributed by atoms with van der Waals surface area (Å²) in [5.74, 6) is 0.780. The predicted molar refractivity (Wildman–Crippen MR) is 90.1 cm³/mol. The van der Waals surface area contributed by atoms with Crippen molar-refractivity contribution in [2.24, 2.45) is 0 Å². The van der Waals surface area contributed by atoms with Crippen molar-refractivity contribution in [3.8, 4) is 0 Å². The molecule has 0 aromatic carbocycles. The molecular formula is C16H19N5OS. The summed E-state index contributed by atoms with van der Waals surface area (Å²) in [5, 5.41) is 5.66. The van der Waals surface area contributed by atoms with Crippen LogP contribution in [0.1, 0.15) is 23.3 Å². The van der Waals surface area contributed by atoms with Crippen LogP contribution >= 0.6 is 11.3 Å². The normalized spacial score (nSPS) is 21.2. The topological polar surface area (TPSA) is 61.4 Å². The highest BCUT2D eigenvalue weighted by atomic mass is 32.1. The van der Waals surface area contributed by atoms with Crippen LogP contribution in [0.2, 0.25) is 0 Å². The fourth-order valence-electron chi connectivity index (χ4n) is 3.31. The standard InChI is InChI=1S/C16H19N5OS/c22-15(21-9-8-20-7-3-4-12(20)10-21)13-11-23-16(18-13)19-14-5-1-2-6-17-14/h1-2,5-6,11-12H,3-4,7-10H2,(H,17,18,19). The van der Waals surface area contributed by atoms with Crippen molar-refractivity contribution in [3.63, 3.8) is 0 Å². The lowest BCUT2D eigenvalue weighted by Gasteiger charge is -2.37. The van der Waals surface area contributed by atoms with Crippen LogP contribution in [-0.2, 0) is 0 Å². The number of amides is 1. The summed E-state index contributed by atoms with van der Waals surface area (Å²) >= 11 is 1.44. The van der Waals surface area contributed by atoms with E-state index in [0.29, 0.717) is 16.9 Å². The molecule has 0 radical (unpaired) electrons.